The second kappa shape index (κ2) is 6.48. The zero-order valence-electron chi connectivity index (χ0n) is 11.7. The third-order valence-electron chi connectivity index (χ3n) is 3.17. The SMILES string of the molecule is O=S(=O)(Cc1ccccc1)NCc1cc(-c2ccoc2)cs1. The molecule has 0 aliphatic carbocycles. The smallest absolute Gasteiger partial charge is 0.216 e. The maximum absolute atomic E-state index is 12.1. The predicted molar refractivity (Wildman–Crippen MR) is 87.9 cm³/mol. The lowest BCUT2D eigenvalue weighted by Crippen LogP contribution is -2.24. The van der Waals surface area contributed by atoms with Crippen LogP contribution in [0.25, 0.3) is 11.1 Å². The van der Waals surface area contributed by atoms with Crippen molar-refractivity contribution in [1.82, 2.24) is 4.72 Å². The summed E-state index contributed by atoms with van der Waals surface area (Å²) in [6, 6.07) is 13.0. The molecule has 0 aliphatic heterocycles. The van der Waals surface area contributed by atoms with Crippen LogP contribution in [-0.4, -0.2) is 8.42 Å². The summed E-state index contributed by atoms with van der Waals surface area (Å²) in [4.78, 5) is 0.966. The minimum atomic E-state index is -3.34. The van der Waals surface area contributed by atoms with Gasteiger partial charge in [0.2, 0.25) is 10.0 Å². The van der Waals surface area contributed by atoms with E-state index in [-0.39, 0.29) is 5.75 Å². The summed E-state index contributed by atoms with van der Waals surface area (Å²) in [6.45, 7) is 0.303. The van der Waals surface area contributed by atoms with Crippen molar-refractivity contribution in [2.75, 3.05) is 0 Å². The molecule has 0 saturated carbocycles. The highest BCUT2D eigenvalue weighted by atomic mass is 32.2. The van der Waals surface area contributed by atoms with Crippen molar-refractivity contribution in [3.05, 3.63) is 70.8 Å². The van der Waals surface area contributed by atoms with Crippen molar-refractivity contribution in [2.24, 2.45) is 0 Å². The van der Waals surface area contributed by atoms with Gasteiger partial charge in [-0.3, -0.25) is 0 Å². The molecule has 0 bridgehead atoms. The molecule has 3 aromatic rings. The second-order valence-electron chi connectivity index (χ2n) is 4.88. The summed E-state index contributed by atoms with van der Waals surface area (Å²) in [6.07, 6.45) is 3.29. The van der Waals surface area contributed by atoms with Crippen LogP contribution in [0.4, 0.5) is 0 Å². The van der Waals surface area contributed by atoms with Gasteiger partial charge in [-0.1, -0.05) is 30.3 Å². The number of rotatable bonds is 6. The lowest BCUT2D eigenvalue weighted by Gasteiger charge is -2.05. The van der Waals surface area contributed by atoms with Gasteiger partial charge < -0.3 is 4.42 Å². The Morgan fingerprint density at radius 1 is 1.09 bits per heavy atom. The minimum Gasteiger partial charge on any atom is -0.472 e. The summed E-state index contributed by atoms with van der Waals surface area (Å²) < 4.78 is 31.9. The van der Waals surface area contributed by atoms with Gasteiger partial charge in [0, 0.05) is 17.0 Å². The molecule has 0 spiro atoms. The minimum absolute atomic E-state index is 0.00615. The highest BCUT2D eigenvalue weighted by Gasteiger charge is 2.12. The Balaban J connectivity index is 1.62. The lowest BCUT2D eigenvalue weighted by molar-refractivity contribution is 0.568. The van der Waals surface area contributed by atoms with Crippen LogP contribution in [0.3, 0.4) is 0 Å². The van der Waals surface area contributed by atoms with Gasteiger partial charge >= 0.3 is 0 Å². The first-order valence-electron chi connectivity index (χ1n) is 6.74. The van der Waals surface area contributed by atoms with Crippen molar-refractivity contribution in [3.63, 3.8) is 0 Å². The fourth-order valence-corrected chi connectivity index (χ4v) is 4.11. The van der Waals surface area contributed by atoms with Crippen LogP contribution in [0.15, 0.2) is 64.8 Å². The van der Waals surface area contributed by atoms with Gasteiger partial charge in [-0.2, -0.15) is 0 Å². The van der Waals surface area contributed by atoms with E-state index in [1.54, 1.807) is 24.7 Å². The molecule has 3 rings (SSSR count). The predicted octanol–water partition coefficient (Wildman–Crippen LogP) is 3.63. The fraction of sp³-hybridized carbons (Fsp3) is 0.125. The van der Waals surface area contributed by atoms with Gasteiger partial charge in [0.05, 0.1) is 18.3 Å². The summed E-state index contributed by atoms with van der Waals surface area (Å²) in [5, 5.41) is 1.99. The first kappa shape index (κ1) is 15.0. The Morgan fingerprint density at radius 2 is 1.91 bits per heavy atom. The zero-order chi connectivity index (χ0) is 15.4. The number of sulfonamides is 1. The molecular formula is C16H15NO3S2. The van der Waals surface area contributed by atoms with Crippen LogP contribution in [0.5, 0.6) is 0 Å². The number of hydrogen-bond donors (Lipinski definition) is 1. The molecule has 0 radical (unpaired) electrons. The normalized spacial score (nSPS) is 11.6. The molecule has 0 aliphatic rings. The number of thiophene rings is 1. The Hall–Kier alpha value is -1.89. The van der Waals surface area contributed by atoms with E-state index in [4.69, 9.17) is 4.42 Å². The molecule has 114 valence electrons. The average Bonchev–Trinajstić information content (AvgIpc) is 3.17. The molecule has 0 saturated heterocycles. The highest BCUT2D eigenvalue weighted by molar-refractivity contribution is 7.88. The molecule has 1 aromatic carbocycles. The molecule has 0 amide bonds. The van der Waals surface area contributed by atoms with Crippen molar-refractivity contribution in [2.45, 2.75) is 12.3 Å². The van der Waals surface area contributed by atoms with E-state index in [9.17, 15) is 8.42 Å². The highest BCUT2D eigenvalue weighted by Crippen LogP contribution is 2.26. The van der Waals surface area contributed by atoms with Gasteiger partial charge in [0.25, 0.3) is 0 Å². The second-order valence-corrected chi connectivity index (χ2v) is 7.68. The molecule has 22 heavy (non-hydrogen) atoms. The van der Waals surface area contributed by atoms with Crippen molar-refractivity contribution >= 4 is 21.4 Å². The molecular weight excluding hydrogens is 318 g/mol. The first-order chi connectivity index (χ1) is 10.6. The van der Waals surface area contributed by atoms with E-state index in [0.29, 0.717) is 6.54 Å². The molecule has 0 fully saturated rings. The molecule has 2 heterocycles. The van der Waals surface area contributed by atoms with E-state index >= 15 is 0 Å². The third kappa shape index (κ3) is 3.85. The quantitative estimate of drug-likeness (QED) is 0.749. The van der Waals surface area contributed by atoms with E-state index in [0.717, 1.165) is 21.6 Å². The fourth-order valence-electron chi connectivity index (χ4n) is 2.08. The van der Waals surface area contributed by atoms with Crippen LogP contribution in [0.2, 0.25) is 0 Å². The maximum atomic E-state index is 12.1. The number of furan rings is 1. The molecule has 0 atom stereocenters. The van der Waals surface area contributed by atoms with Crippen LogP contribution < -0.4 is 4.72 Å². The van der Waals surface area contributed by atoms with Gasteiger partial charge in [-0.05, 0) is 28.6 Å². The number of nitrogens with one attached hydrogen (secondary N) is 1. The van der Waals surface area contributed by atoms with Crippen LogP contribution in [-0.2, 0) is 22.3 Å². The molecule has 6 heteroatoms. The number of benzene rings is 1. The molecule has 1 N–H and O–H groups in total. The number of hydrogen-bond acceptors (Lipinski definition) is 4. The summed E-state index contributed by atoms with van der Waals surface area (Å²) >= 11 is 1.53. The zero-order valence-corrected chi connectivity index (χ0v) is 13.4. The van der Waals surface area contributed by atoms with Crippen LogP contribution >= 0.6 is 11.3 Å². The standard InChI is InChI=1S/C16H15NO3S2/c18-22(19,12-13-4-2-1-3-5-13)17-9-16-8-15(11-21-16)14-6-7-20-10-14/h1-8,10-11,17H,9,12H2. The Bertz CT molecular complexity index is 821. The average molecular weight is 333 g/mol. The maximum Gasteiger partial charge on any atom is 0.216 e. The van der Waals surface area contributed by atoms with E-state index in [2.05, 4.69) is 4.72 Å². The lowest BCUT2D eigenvalue weighted by atomic mass is 10.2. The van der Waals surface area contributed by atoms with Crippen LogP contribution in [0, 0.1) is 0 Å². The summed E-state index contributed by atoms with van der Waals surface area (Å²) in [7, 11) is -3.34. The van der Waals surface area contributed by atoms with E-state index < -0.39 is 10.0 Å². The van der Waals surface area contributed by atoms with Crippen molar-refractivity contribution < 1.29 is 12.8 Å². The first-order valence-corrected chi connectivity index (χ1v) is 9.27. The largest absolute Gasteiger partial charge is 0.472 e. The Morgan fingerprint density at radius 3 is 2.64 bits per heavy atom. The van der Waals surface area contributed by atoms with E-state index in [1.807, 2.05) is 35.7 Å². The van der Waals surface area contributed by atoms with Gasteiger partial charge in [0.1, 0.15) is 0 Å². The Kier molecular flexibility index (Phi) is 4.42. The topological polar surface area (TPSA) is 59.3 Å². The molecule has 4 nitrogen and oxygen atoms in total. The van der Waals surface area contributed by atoms with E-state index in [1.165, 1.54) is 11.3 Å². The van der Waals surface area contributed by atoms with Gasteiger partial charge in [0.15, 0.2) is 0 Å². The molecule has 0 unspecified atom stereocenters. The van der Waals surface area contributed by atoms with Gasteiger partial charge in [-0.15, -0.1) is 11.3 Å². The van der Waals surface area contributed by atoms with Crippen molar-refractivity contribution in [3.8, 4) is 11.1 Å². The van der Waals surface area contributed by atoms with Crippen LogP contribution in [0.1, 0.15) is 10.4 Å². The monoisotopic (exact) mass is 333 g/mol. The molecule has 2 aromatic heterocycles. The summed E-state index contributed by atoms with van der Waals surface area (Å²) in [5.41, 5.74) is 2.81. The van der Waals surface area contributed by atoms with Crippen molar-refractivity contribution in [1.29, 1.82) is 0 Å². The Labute approximate surface area is 133 Å². The summed E-state index contributed by atoms with van der Waals surface area (Å²) in [5.74, 6) is -0.00615. The third-order valence-corrected chi connectivity index (χ3v) is 5.41. The van der Waals surface area contributed by atoms with Gasteiger partial charge in [-0.25, -0.2) is 13.1 Å².